The van der Waals surface area contributed by atoms with Gasteiger partial charge >= 0.3 is 0 Å². The van der Waals surface area contributed by atoms with E-state index in [2.05, 4.69) is 20.1 Å². The molecule has 0 bridgehead atoms. The fraction of sp³-hybridized carbons (Fsp3) is 0.368. The average Bonchev–Trinajstić information content (AvgIpc) is 3.11. The molecule has 3 heterocycles. The maximum absolute atomic E-state index is 12.4. The number of carbonyl (C=O) groups is 1. The van der Waals surface area contributed by atoms with E-state index in [1.165, 1.54) is 19.4 Å². The molecule has 1 amide bonds. The number of para-hydroxylation sites is 2. The molecule has 1 unspecified atom stereocenters. The number of aromatic nitrogens is 1. The van der Waals surface area contributed by atoms with Gasteiger partial charge < -0.3 is 16.0 Å². The Labute approximate surface area is 147 Å². The van der Waals surface area contributed by atoms with E-state index in [4.69, 9.17) is 5.73 Å². The first-order valence-electron chi connectivity index (χ1n) is 8.81. The van der Waals surface area contributed by atoms with Gasteiger partial charge in [0.05, 0.1) is 16.9 Å². The summed E-state index contributed by atoms with van der Waals surface area (Å²) in [4.78, 5) is 21.8. The number of nitrogen functional groups attached to an aromatic ring is 1. The fourth-order valence-electron chi connectivity index (χ4n) is 3.71. The van der Waals surface area contributed by atoms with Gasteiger partial charge in [0.25, 0.3) is 5.91 Å². The van der Waals surface area contributed by atoms with Crippen molar-refractivity contribution in [3.05, 3.63) is 48.2 Å². The lowest BCUT2D eigenvalue weighted by Crippen LogP contribution is -2.50. The number of nitrogens with one attached hydrogen (secondary N) is 1. The van der Waals surface area contributed by atoms with E-state index < -0.39 is 0 Å². The molecule has 0 saturated carbocycles. The van der Waals surface area contributed by atoms with Crippen LogP contribution < -0.4 is 16.0 Å². The number of nitrogens with zero attached hydrogens (tertiary/aromatic N) is 3. The van der Waals surface area contributed by atoms with Crippen molar-refractivity contribution in [1.82, 2.24) is 9.88 Å². The number of amides is 1. The minimum atomic E-state index is -0.197. The maximum Gasteiger partial charge on any atom is 0.257 e. The fourth-order valence-corrected chi connectivity index (χ4v) is 3.71. The molecule has 2 saturated heterocycles. The van der Waals surface area contributed by atoms with E-state index in [0.29, 0.717) is 23.0 Å². The van der Waals surface area contributed by atoms with Crippen LogP contribution in [0.2, 0.25) is 0 Å². The van der Waals surface area contributed by atoms with Gasteiger partial charge in [-0.25, -0.2) is 4.98 Å². The Balaban J connectivity index is 1.43. The highest BCUT2D eigenvalue weighted by Crippen LogP contribution is 2.24. The molecule has 0 spiro atoms. The van der Waals surface area contributed by atoms with Crippen LogP contribution in [0, 0.1) is 0 Å². The van der Waals surface area contributed by atoms with Gasteiger partial charge in [-0.05, 0) is 43.7 Å². The number of piperazine rings is 1. The second kappa shape index (κ2) is 6.72. The lowest BCUT2D eigenvalue weighted by atomic mass is 10.1. The molecular formula is C19H23N5O. The van der Waals surface area contributed by atoms with E-state index in [1.807, 2.05) is 24.3 Å². The Morgan fingerprint density at radius 1 is 1.16 bits per heavy atom. The zero-order valence-electron chi connectivity index (χ0n) is 14.2. The third-order valence-corrected chi connectivity index (χ3v) is 5.13. The molecule has 6 nitrogen and oxygen atoms in total. The van der Waals surface area contributed by atoms with E-state index in [-0.39, 0.29) is 5.91 Å². The van der Waals surface area contributed by atoms with Crippen molar-refractivity contribution >= 4 is 23.1 Å². The summed E-state index contributed by atoms with van der Waals surface area (Å²) in [6.45, 7) is 4.35. The van der Waals surface area contributed by atoms with Gasteiger partial charge in [0, 0.05) is 31.9 Å². The van der Waals surface area contributed by atoms with Gasteiger partial charge in [0.15, 0.2) is 0 Å². The zero-order valence-corrected chi connectivity index (χ0v) is 14.2. The second-order valence-corrected chi connectivity index (χ2v) is 6.72. The van der Waals surface area contributed by atoms with Gasteiger partial charge in [-0.1, -0.05) is 12.1 Å². The molecule has 0 radical (unpaired) electrons. The van der Waals surface area contributed by atoms with E-state index in [0.717, 1.165) is 25.5 Å². The number of carbonyl (C=O) groups excluding carboxylic acids is 1. The summed E-state index contributed by atoms with van der Waals surface area (Å²) in [5, 5.41) is 2.83. The smallest absolute Gasteiger partial charge is 0.257 e. The Morgan fingerprint density at radius 3 is 2.84 bits per heavy atom. The third kappa shape index (κ3) is 3.30. The first-order valence-corrected chi connectivity index (χ1v) is 8.81. The summed E-state index contributed by atoms with van der Waals surface area (Å²) >= 11 is 0. The van der Waals surface area contributed by atoms with Crippen LogP contribution in [0.3, 0.4) is 0 Å². The van der Waals surface area contributed by atoms with Gasteiger partial charge in [0.2, 0.25) is 0 Å². The quantitative estimate of drug-likeness (QED) is 0.840. The number of benzene rings is 1. The van der Waals surface area contributed by atoms with Crippen molar-refractivity contribution in [2.75, 3.05) is 42.1 Å². The number of hydrogen-bond acceptors (Lipinski definition) is 5. The topological polar surface area (TPSA) is 74.5 Å². The zero-order chi connectivity index (χ0) is 17.2. The van der Waals surface area contributed by atoms with Crippen LogP contribution in [0.5, 0.6) is 0 Å². The normalized spacial score (nSPS) is 20.3. The Kier molecular flexibility index (Phi) is 4.28. The number of anilines is 3. The molecule has 6 heteroatoms. The minimum Gasteiger partial charge on any atom is -0.397 e. The SMILES string of the molecule is Nc1ccccc1NC(=O)c1ccc(N2CCN3CCCC3C2)nc1. The number of fused-ring (bicyclic) bond motifs is 1. The molecule has 3 N–H and O–H groups in total. The van der Waals surface area contributed by atoms with Crippen LogP contribution in [0.4, 0.5) is 17.2 Å². The lowest BCUT2D eigenvalue weighted by Gasteiger charge is -2.38. The van der Waals surface area contributed by atoms with Crippen molar-refractivity contribution in [2.45, 2.75) is 18.9 Å². The van der Waals surface area contributed by atoms with Crippen molar-refractivity contribution in [3.63, 3.8) is 0 Å². The van der Waals surface area contributed by atoms with Crippen molar-refractivity contribution in [1.29, 1.82) is 0 Å². The van der Waals surface area contributed by atoms with E-state index in [1.54, 1.807) is 18.3 Å². The van der Waals surface area contributed by atoms with Crippen LogP contribution in [-0.4, -0.2) is 48.0 Å². The first kappa shape index (κ1) is 15.9. The van der Waals surface area contributed by atoms with E-state index in [9.17, 15) is 4.79 Å². The molecule has 1 aromatic carbocycles. The second-order valence-electron chi connectivity index (χ2n) is 6.72. The number of nitrogens with two attached hydrogens (primary N) is 1. The molecule has 1 aromatic heterocycles. The first-order chi connectivity index (χ1) is 12.2. The van der Waals surface area contributed by atoms with Gasteiger partial charge in [0.1, 0.15) is 5.82 Å². The monoisotopic (exact) mass is 337 g/mol. The Hall–Kier alpha value is -2.60. The molecule has 130 valence electrons. The summed E-state index contributed by atoms with van der Waals surface area (Å²) in [5.41, 5.74) is 7.57. The van der Waals surface area contributed by atoms with Crippen molar-refractivity contribution in [2.24, 2.45) is 0 Å². The average molecular weight is 337 g/mol. The number of rotatable bonds is 3. The molecule has 1 atom stereocenters. The molecule has 2 fully saturated rings. The molecule has 2 aliphatic heterocycles. The summed E-state index contributed by atoms with van der Waals surface area (Å²) in [6.07, 6.45) is 4.22. The molecule has 2 aromatic rings. The predicted molar refractivity (Wildman–Crippen MR) is 99.9 cm³/mol. The molecule has 0 aliphatic carbocycles. The molecule has 25 heavy (non-hydrogen) atoms. The highest BCUT2D eigenvalue weighted by Gasteiger charge is 2.30. The Morgan fingerprint density at radius 2 is 2.04 bits per heavy atom. The van der Waals surface area contributed by atoms with Gasteiger partial charge in [-0.15, -0.1) is 0 Å². The molecule has 2 aliphatic rings. The highest BCUT2D eigenvalue weighted by molar-refractivity contribution is 6.05. The van der Waals surface area contributed by atoms with E-state index >= 15 is 0 Å². The summed E-state index contributed by atoms with van der Waals surface area (Å²) < 4.78 is 0. The standard InChI is InChI=1S/C19H23N5O/c20-16-5-1-2-6-17(16)22-19(25)14-7-8-18(21-12-14)24-11-10-23-9-3-4-15(23)13-24/h1-2,5-8,12,15H,3-4,9-11,13,20H2,(H,22,25). The Bertz CT molecular complexity index is 761. The summed E-state index contributed by atoms with van der Waals surface area (Å²) in [7, 11) is 0. The van der Waals surface area contributed by atoms with Crippen LogP contribution in [-0.2, 0) is 0 Å². The summed E-state index contributed by atoms with van der Waals surface area (Å²) in [6, 6.07) is 11.7. The van der Waals surface area contributed by atoms with Gasteiger partial charge in [-0.3, -0.25) is 9.69 Å². The molecular weight excluding hydrogens is 314 g/mol. The van der Waals surface area contributed by atoms with Crippen LogP contribution in [0.25, 0.3) is 0 Å². The third-order valence-electron chi connectivity index (χ3n) is 5.13. The largest absolute Gasteiger partial charge is 0.397 e. The lowest BCUT2D eigenvalue weighted by molar-refractivity contribution is 0.102. The van der Waals surface area contributed by atoms with Gasteiger partial charge in [-0.2, -0.15) is 0 Å². The van der Waals surface area contributed by atoms with Crippen LogP contribution in [0.1, 0.15) is 23.2 Å². The molecule has 4 rings (SSSR count). The van der Waals surface area contributed by atoms with Crippen LogP contribution in [0.15, 0.2) is 42.6 Å². The highest BCUT2D eigenvalue weighted by atomic mass is 16.1. The predicted octanol–water partition coefficient (Wildman–Crippen LogP) is 2.20. The van der Waals surface area contributed by atoms with Crippen LogP contribution >= 0.6 is 0 Å². The summed E-state index contributed by atoms with van der Waals surface area (Å²) in [5.74, 6) is 0.750. The van der Waals surface area contributed by atoms with Crippen molar-refractivity contribution < 1.29 is 4.79 Å². The minimum absolute atomic E-state index is 0.197. The van der Waals surface area contributed by atoms with Crippen molar-refractivity contribution in [3.8, 4) is 0 Å². The number of hydrogen-bond donors (Lipinski definition) is 2. The maximum atomic E-state index is 12.4. The number of pyridine rings is 1.